The van der Waals surface area contributed by atoms with Crippen LogP contribution in [-0.2, 0) is 14.8 Å². The number of aromatic nitrogens is 3. The molecule has 10 heteroatoms. The van der Waals surface area contributed by atoms with Crippen LogP contribution in [0.3, 0.4) is 0 Å². The fraction of sp³-hybridized carbons (Fsp3) is 0.125. The normalized spacial score (nSPS) is 12.7. The average molecular weight is 373 g/mol. The summed E-state index contributed by atoms with van der Waals surface area (Å²) in [6.07, 6.45) is 0. The number of hydrogen-bond acceptors (Lipinski definition) is 6. The maximum atomic E-state index is 12.5. The van der Waals surface area contributed by atoms with Crippen LogP contribution in [-0.4, -0.2) is 29.3 Å². The van der Waals surface area contributed by atoms with Gasteiger partial charge in [0.25, 0.3) is 5.56 Å². The van der Waals surface area contributed by atoms with Crippen molar-refractivity contribution in [1.29, 1.82) is 0 Å². The lowest BCUT2D eigenvalue weighted by atomic mass is 10.2. The number of carbonyl (C=O) groups excluding carboxylic acids is 1. The maximum absolute atomic E-state index is 12.5. The van der Waals surface area contributed by atoms with E-state index in [1.807, 2.05) is 0 Å². The van der Waals surface area contributed by atoms with Gasteiger partial charge in [0.2, 0.25) is 15.9 Å². The number of hydrogen-bond donors (Lipinski definition) is 2. The van der Waals surface area contributed by atoms with E-state index < -0.39 is 27.5 Å². The quantitative estimate of drug-likeness (QED) is 0.688. The molecule has 0 radical (unpaired) electrons. The summed E-state index contributed by atoms with van der Waals surface area (Å²) in [6.45, 7) is 1.51. The average Bonchev–Trinajstić information content (AvgIpc) is 2.61. The van der Waals surface area contributed by atoms with Crippen molar-refractivity contribution in [3.63, 3.8) is 0 Å². The predicted molar refractivity (Wildman–Crippen MR) is 95.0 cm³/mol. The van der Waals surface area contributed by atoms with Gasteiger partial charge in [-0.2, -0.15) is 4.68 Å². The SMILES string of the molecule is C[C@@H](C(=O)Nc1ccc(S(N)(=O)=O)cc1)n1nnc2ccccc2c1=O. The first-order valence-corrected chi connectivity index (χ1v) is 9.10. The van der Waals surface area contributed by atoms with Gasteiger partial charge in [0.1, 0.15) is 11.6 Å². The van der Waals surface area contributed by atoms with Crippen LogP contribution in [0.1, 0.15) is 13.0 Å². The Balaban J connectivity index is 1.84. The number of amides is 1. The molecular formula is C16H15N5O4S. The Hall–Kier alpha value is -3.11. The topological polar surface area (TPSA) is 137 Å². The van der Waals surface area contributed by atoms with E-state index in [4.69, 9.17) is 5.14 Å². The Labute approximate surface area is 148 Å². The Morgan fingerprint density at radius 2 is 1.81 bits per heavy atom. The molecule has 2 aromatic carbocycles. The van der Waals surface area contributed by atoms with Crippen LogP contribution in [0.4, 0.5) is 5.69 Å². The molecule has 1 heterocycles. The van der Waals surface area contributed by atoms with Crippen molar-refractivity contribution < 1.29 is 13.2 Å². The van der Waals surface area contributed by atoms with Gasteiger partial charge in [-0.1, -0.05) is 17.3 Å². The van der Waals surface area contributed by atoms with E-state index in [0.29, 0.717) is 16.6 Å². The molecule has 0 spiro atoms. The Morgan fingerprint density at radius 3 is 2.46 bits per heavy atom. The van der Waals surface area contributed by atoms with Crippen molar-refractivity contribution in [2.45, 2.75) is 17.9 Å². The van der Waals surface area contributed by atoms with Crippen LogP contribution in [0.25, 0.3) is 10.9 Å². The van der Waals surface area contributed by atoms with Crippen LogP contribution in [0.5, 0.6) is 0 Å². The van der Waals surface area contributed by atoms with Crippen molar-refractivity contribution in [2.75, 3.05) is 5.32 Å². The number of fused-ring (bicyclic) bond motifs is 1. The predicted octanol–water partition coefficient (Wildman–Crippen LogP) is 0.639. The van der Waals surface area contributed by atoms with Gasteiger partial charge in [0.15, 0.2) is 0 Å². The van der Waals surface area contributed by atoms with Crippen LogP contribution in [0.2, 0.25) is 0 Å². The zero-order valence-corrected chi connectivity index (χ0v) is 14.5. The highest BCUT2D eigenvalue weighted by Gasteiger charge is 2.19. The fourth-order valence-corrected chi connectivity index (χ4v) is 2.86. The van der Waals surface area contributed by atoms with Crippen molar-refractivity contribution in [1.82, 2.24) is 15.0 Å². The number of carbonyl (C=O) groups is 1. The molecule has 3 N–H and O–H groups in total. The molecule has 0 unspecified atom stereocenters. The monoisotopic (exact) mass is 373 g/mol. The van der Waals surface area contributed by atoms with Crippen LogP contribution in [0, 0.1) is 0 Å². The van der Waals surface area contributed by atoms with Gasteiger partial charge in [0, 0.05) is 5.69 Å². The lowest BCUT2D eigenvalue weighted by molar-refractivity contribution is -0.119. The van der Waals surface area contributed by atoms with Gasteiger partial charge in [-0.05, 0) is 43.3 Å². The summed E-state index contributed by atoms with van der Waals surface area (Å²) in [5.74, 6) is -0.500. The molecule has 134 valence electrons. The number of nitrogens with two attached hydrogens (primary N) is 1. The van der Waals surface area contributed by atoms with E-state index in [0.717, 1.165) is 4.68 Å². The summed E-state index contributed by atoms with van der Waals surface area (Å²) >= 11 is 0. The molecule has 0 fully saturated rings. The molecular weight excluding hydrogens is 358 g/mol. The maximum Gasteiger partial charge on any atom is 0.278 e. The van der Waals surface area contributed by atoms with Gasteiger partial charge >= 0.3 is 0 Å². The summed E-state index contributed by atoms with van der Waals surface area (Å²) in [6, 6.07) is 11.1. The van der Waals surface area contributed by atoms with Crippen LogP contribution in [0.15, 0.2) is 58.2 Å². The van der Waals surface area contributed by atoms with Crippen molar-refractivity contribution in [2.24, 2.45) is 5.14 Å². The van der Waals surface area contributed by atoms with Gasteiger partial charge in [-0.3, -0.25) is 9.59 Å². The molecule has 0 saturated carbocycles. The molecule has 1 atom stereocenters. The van der Waals surface area contributed by atoms with Gasteiger partial charge in [-0.15, -0.1) is 5.10 Å². The molecule has 0 aliphatic heterocycles. The lowest BCUT2D eigenvalue weighted by Crippen LogP contribution is -2.34. The fourth-order valence-electron chi connectivity index (χ4n) is 2.34. The Kier molecular flexibility index (Phi) is 4.53. The Bertz CT molecular complexity index is 1140. The highest BCUT2D eigenvalue weighted by atomic mass is 32.2. The van der Waals surface area contributed by atoms with E-state index in [1.54, 1.807) is 24.3 Å². The highest BCUT2D eigenvalue weighted by Crippen LogP contribution is 2.14. The zero-order valence-electron chi connectivity index (χ0n) is 13.7. The second-order valence-corrected chi connectivity index (χ2v) is 7.15. The van der Waals surface area contributed by atoms with Crippen LogP contribution < -0.4 is 16.0 Å². The van der Waals surface area contributed by atoms with Crippen molar-refractivity contribution >= 4 is 32.5 Å². The molecule has 3 aromatic rings. The standard InChI is InChI=1S/C16H15N5O4S/c1-10(21-16(23)13-4-2-3-5-14(13)19-20-21)15(22)18-11-6-8-12(9-7-11)26(17,24)25/h2-10H,1H3,(H,18,22)(H2,17,24,25)/t10-/m0/s1. The number of anilines is 1. The zero-order chi connectivity index (χ0) is 18.9. The third-order valence-electron chi connectivity index (χ3n) is 3.79. The van der Waals surface area contributed by atoms with Crippen LogP contribution >= 0.6 is 0 Å². The van der Waals surface area contributed by atoms with E-state index in [-0.39, 0.29) is 4.90 Å². The van der Waals surface area contributed by atoms with E-state index in [1.165, 1.54) is 31.2 Å². The number of nitrogens with one attached hydrogen (secondary N) is 1. The summed E-state index contributed by atoms with van der Waals surface area (Å²) in [4.78, 5) is 24.8. The number of primary sulfonamides is 1. The lowest BCUT2D eigenvalue weighted by Gasteiger charge is -2.14. The third kappa shape index (κ3) is 3.46. The minimum Gasteiger partial charge on any atom is -0.324 e. The number of sulfonamides is 1. The highest BCUT2D eigenvalue weighted by molar-refractivity contribution is 7.89. The first-order chi connectivity index (χ1) is 12.3. The molecule has 0 bridgehead atoms. The number of nitrogens with zero attached hydrogens (tertiary/aromatic N) is 3. The first kappa shape index (κ1) is 17.7. The molecule has 3 rings (SSSR count). The summed E-state index contributed by atoms with van der Waals surface area (Å²) in [7, 11) is -3.81. The second-order valence-electron chi connectivity index (χ2n) is 5.59. The number of rotatable bonds is 4. The smallest absolute Gasteiger partial charge is 0.278 e. The second kappa shape index (κ2) is 6.65. The Morgan fingerprint density at radius 1 is 1.15 bits per heavy atom. The van der Waals surface area contributed by atoms with Gasteiger partial charge < -0.3 is 5.32 Å². The summed E-state index contributed by atoms with van der Waals surface area (Å²) in [5.41, 5.74) is 0.374. The van der Waals surface area contributed by atoms with Crippen molar-refractivity contribution in [3.8, 4) is 0 Å². The molecule has 0 aliphatic carbocycles. The largest absolute Gasteiger partial charge is 0.324 e. The van der Waals surface area contributed by atoms with Gasteiger partial charge in [0.05, 0.1) is 10.3 Å². The molecule has 26 heavy (non-hydrogen) atoms. The van der Waals surface area contributed by atoms with E-state index in [2.05, 4.69) is 15.6 Å². The van der Waals surface area contributed by atoms with Gasteiger partial charge in [-0.25, -0.2) is 13.6 Å². The third-order valence-corrected chi connectivity index (χ3v) is 4.72. The molecule has 1 aromatic heterocycles. The van der Waals surface area contributed by atoms with Crippen molar-refractivity contribution in [3.05, 3.63) is 58.9 Å². The first-order valence-electron chi connectivity index (χ1n) is 7.55. The molecule has 9 nitrogen and oxygen atoms in total. The summed E-state index contributed by atoms with van der Waals surface area (Å²) in [5, 5.41) is 15.7. The summed E-state index contributed by atoms with van der Waals surface area (Å²) < 4.78 is 23.5. The minimum atomic E-state index is -3.81. The minimum absolute atomic E-state index is 0.0693. The van der Waals surface area contributed by atoms with E-state index >= 15 is 0 Å². The number of benzene rings is 2. The molecule has 0 saturated heterocycles. The molecule has 0 aliphatic rings. The molecule has 1 amide bonds. The van der Waals surface area contributed by atoms with E-state index in [9.17, 15) is 18.0 Å².